The van der Waals surface area contributed by atoms with E-state index in [1.54, 1.807) is 0 Å². The molecular formula is C16H20N2O7. The van der Waals surface area contributed by atoms with Crippen LogP contribution in [0.25, 0.3) is 0 Å². The summed E-state index contributed by atoms with van der Waals surface area (Å²) >= 11 is 0. The molecule has 25 heavy (non-hydrogen) atoms. The van der Waals surface area contributed by atoms with E-state index in [1.807, 2.05) is 13.8 Å². The first-order valence-corrected chi connectivity index (χ1v) is 7.54. The van der Waals surface area contributed by atoms with Gasteiger partial charge in [-0.2, -0.15) is 0 Å². The molecule has 1 rings (SSSR count). The molecule has 1 amide bonds. The van der Waals surface area contributed by atoms with Crippen molar-refractivity contribution in [3.63, 3.8) is 0 Å². The second-order valence-corrected chi connectivity index (χ2v) is 5.62. The van der Waals surface area contributed by atoms with E-state index in [9.17, 15) is 24.5 Å². The van der Waals surface area contributed by atoms with Crippen molar-refractivity contribution in [1.82, 2.24) is 5.32 Å². The van der Waals surface area contributed by atoms with Gasteiger partial charge in [0.15, 0.2) is 6.61 Å². The average molecular weight is 352 g/mol. The van der Waals surface area contributed by atoms with Crippen LogP contribution in [0.15, 0.2) is 24.3 Å². The highest BCUT2D eigenvalue weighted by Gasteiger charge is 2.24. The Labute approximate surface area is 144 Å². The summed E-state index contributed by atoms with van der Waals surface area (Å²) in [5, 5.41) is 13.3. The SMILES string of the molecule is COC(=O)C(CC(C)C)NC(=O)COC(=O)c1ccccc1[N+](=O)[O-]. The van der Waals surface area contributed by atoms with Gasteiger partial charge in [0.05, 0.1) is 12.0 Å². The van der Waals surface area contributed by atoms with Gasteiger partial charge in [-0.25, -0.2) is 9.59 Å². The molecule has 0 aromatic heterocycles. The van der Waals surface area contributed by atoms with Crippen molar-refractivity contribution in [3.05, 3.63) is 39.9 Å². The third-order valence-corrected chi connectivity index (χ3v) is 3.18. The van der Waals surface area contributed by atoms with Crippen LogP contribution in [0.3, 0.4) is 0 Å². The number of nitrogens with zero attached hydrogens (tertiary/aromatic N) is 1. The monoisotopic (exact) mass is 352 g/mol. The number of methoxy groups -OCH3 is 1. The van der Waals surface area contributed by atoms with Gasteiger partial charge >= 0.3 is 11.9 Å². The molecule has 0 bridgehead atoms. The minimum atomic E-state index is -0.999. The number of ether oxygens (including phenoxy) is 2. The maximum absolute atomic E-state index is 11.9. The zero-order chi connectivity index (χ0) is 19.0. The largest absolute Gasteiger partial charge is 0.467 e. The zero-order valence-corrected chi connectivity index (χ0v) is 14.2. The molecular weight excluding hydrogens is 332 g/mol. The molecule has 0 saturated carbocycles. The Bertz CT molecular complexity index is 658. The highest BCUT2D eigenvalue weighted by molar-refractivity contribution is 5.95. The van der Waals surface area contributed by atoms with Crippen molar-refractivity contribution in [2.24, 2.45) is 5.92 Å². The van der Waals surface area contributed by atoms with Gasteiger partial charge in [-0.3, -0.25) is 14.9 Å². The normalized spacial score (nSPS) is 11.5. The van der Waals surface area contributed by atoms with Gasteiger partial charge in [-0.15, -0.1) is 0 Å². The Morgan fingerprint density at radius 3 is 2.44 bits per heavy atom. The van der Waals surface area contributed by atoms with Crippen LogP contribution in [0.2, 0.25) is 0 Å². The van der Waals surface area contributed by atoms with Gasteiger partial charge in [0.1, 0.15) is 11.6 Å². The number of rotatable bonds is 8. The van der Waals surface area contributed by atoms with E-state index < -0.39 is 41.1 Å². The summed E-state index contributed by atoms with van der Waals surface area (Å²) in [6.45, 7) is 3.07. The number of carbonyl (C=O) groups excluding carboxylic acids is 3. The first kappa shape index (κ1) is 20.1. The molecule has 0 radical (unpaired) electrons. The van der Waals surface area contributed by atoms with E-state index in [2.05, 4.69) is 10.1 Å². The number of carbonyl (C=O) groups is 3. The molecule has 0 heterocycles. The summed E-state index contributed by atoms with van der Waals surface area (Å²) in [4.78, 5) is 45.6. The molecule has 0 fully saturated rings. The predicted molar refractivity (Wildman–Crippen MR) is 86.8 cm³/mol. The van der Waals surface area contributed by atoms with Crippen LogP contribution in [0.5, 0.6) is 0 Å². The predicted octanol–water partition coefficient (Wildman–Crippen LogP) is 1.46. The van der Waals surface area contributed by atoms with Crippen LogP contribution in [0.1, 0.15) is 30.6 Å². The standard InChI is InChI=1S/C16H20N2O7/c1-10(2)8-12(16(21)24-3)17-14(19)9-25-15(20)11-6-4-5-7-13(11)18(22)23/h4-7,10,12H,8-9H2,1-3H3,(H,17,19). The van der Waals surface area contributed by atoms with E-state index in [0.29, 0.717) is 6.42 Å². The van der Waals surface area contributed by atoms with Gasteiger partial charge in [-0.1, -0.05) is 26.0 Å². The van der Waals surface area contributed by atoms with Crippen molar-refractivity contribution in [1.29, 1.82) is 0 Å². The van der Waals surface area contributed by atoms with Gasteiger partial charge in [0.25, 0.3) is 11.6 Å². The van der Waals surface area contributed by atoms with Crippen molar-refractivity contribution in [3.8, 4) is 0 Å². The van der Waals surface area contributed by atoms with E-state index in [4.69, 9.17) is 4.74 Å². The Hall–Kier alpha value is -2.97. The Morgan fingerprint density at radius 2 is 1.88 bits per heavy atom. The van der Waals surface area contributed by atoms with Gasteiger partial charge in [-0.05, 0) is 18.4 Å². The molecule has 0 aliphatic rings. The van der Waals surface area contributed by atoms with Crippen LogP contribution in [0, 0.1) is 16.0 Å². The number of hydrogen-bond donors (Lipinski definition) is 1. The molecule has 1 aromatic carbocycles. The number of amides is 1. The second kappa shape index (κ2) is 9.36. The second-order valence-electron chi connectivity index (χ2n) is 5.62. The number of nitro groups is 1. The van der Waals surface area contributed by atoms with Crippen LogP contribution in [-0.2, 0) is 19.1 Å². The Morgan fingerprint density at radius 1 is 1.24 bits per heavy atom. The minimum Gasteiger partial charge on any atom is -0.467 e. The van der Waals surface area contributed by atoms with Crippen LogP contribution in [-0.4, -0.2) is 42.5 Å². The summed E-state index contributed by atoms with van der Waals surface area (Å²) in [5.41, 5.74) is -0.674. The number of nitrogens with one attached hydrogen (secondary N) is 1. The lowest BCUT2D eigenvalue weighted by Gasteiger charge is -2.18. The molecule has 1 N–H and O–H groups in total. The highest BCUT2D eigenvalue weighted by atomic mass is 16.6. The lowest BCUT2D eigenvalue weighted by Crippen LogP contribution is -2.44. The number of nitro benzene ring substituents is 1. The molecule has 1 atom stereocenters. The van der Waals surface area contributed by atoms with E-state index in [1.165, 1.54) is 25.3 Å². The zero-order valence-electron chi connectivity index (χ0n) is 14.2. The Balaban J connectivity index is 2.68. The highest BCUT2D eigenvalue weighted by Crippen LogP contribution is 2.18. The molecule has 0 spiro atoms. The number of benzene rings is 1. The lowest BCUT2D eigenvalue weighted by atomic mass is 10.0. The Kier molecular flexibility index (Phi) is 7.51. The molecule has 1 aromatic rings. The molecule has 0 aliphatic carbocycles. The van der Waals surface area contributed by atoms with Gasteiger partial charge in [0.2, 0.25) is 0 Å². The third kappa shape index (κ3) is 6.21. The van der Waals surface area contributed by atoms with E-state index >= 15 is 0 Å². The van der Waals surface area contributed by atoms with Gasteiger partial charge in [0, 0.05) is 6.07 Å². The smallest absolute Gasteiger partial charge is 0.345 e. The average Bonchev–Trinajstić information content (AvgIpc) is 2.57. The van der Waals surface area contributed by atoms with Crippen LogP contribution in [0.4, 0.5) is 5.69 Å². The molecule has 9 nitrogen and oxygen atoms in total. The topological polar surface area (TPSA) is 125 Å². The summed E-state index contributed by atoms with van der Waals surface area (Å²) < 4.78 is 9.41. The number of esters is 2. The maximum atomic E-state index is 11.9. The molecule has 136 valence electrons. The van der Waals surface area contributed by atoms with Gasteiger partial charge < -0.3 is 14.8 Å². The molecule has 9 heteroatoms. The van der Waals surface area contributed by atoms with E-state index in [-0.39, 0.29) is 11.5 Å². The van der Waals surface area contributed by atoms with Crippen molar-refractivity contribution < 1.29 is 28.8 Å². The molecule has 0 aliphatic heterocycles. The summed E-state index contributed by atoms with van der Waals surface area (Å²) in [5.74, 6) is -2.19. The van der Waals surface area contributed by atoms with Crippen LogP contribution >= 0.6 is 0 Å². The van der Waals surface area contributed by atoms with Crippen molar-refractivity contribution in [2.75, 3.05) is 13.7 Å². The number of para-hydroxylation sites is 1. The first-order valence-electron chi connectivity index (χ1n) is 7.54. The fraction of sp³-hybridized carbons (Fsp3) is 0.438. The summed E-state index contributed by atoms with van der Waals surface area (Å²) in [7, 11) is 1.20. The van der Waals surface area contributed by atoms with Crippen molar-refractivity contribution in [2.45, 2.75) is 26.3 Å². The van der Waals surface area contributed by atoms with Crippen LogP contribution < -0.4 is 5.32 Å². The quantitative estimate of drug-likeness (QED) is 0.426. The summed E-state index contributed by atoms with van der Waals surface area (Å²) in [6.07, 6.45) is 0.358. The van der Waals surface area contributed by atoms with E-state index in [0.717, 1.165) is 6.07 Å². The molecule has 0 saturated heterocycles. The third-order valence-electron chi connectivity index (χ3n) is 3.18. The lowest BCUT2D eigenvalue weighted by molar-refractivity contribution is -0.385. The number of hydrogen-bond acceptors (Lipinski definition) is 7. The first-order chi connectivity index (χ1) is 11.8. The fourth-order valence-electron chi connectivity index (χ4n) is 2.08. The maximum Gasteiger partial charge on any atom is 0.345 e. The molecule has 1 unspecified atom stereocenters. The summed E-state index contributed by atoms with van der Waals surface area (Å²) in [6, 6.07) is 4.39. The minimum absolute atomic E-state index is 0.124. The van der Waals surface area contributed by atoms with Crippen molar-refractivity contribution >= 4 is 23.5 Å². The fourth-order valence-corrected chi connectivity index (χ4v) is 2.08.